The molecular weight excluding hydrogens is 965 g/mol. The van der Waals surface area contributed by atoms with Gasteiger partial charge in [-0.1, -0.05) is 12.1 Å². The van der Waals surface area contributed by atoms with Gasteiger partial charge < -0.3 is 40.4 Å². The maximum atomic E-state index is 12.8. The Morgan fingerprint density at radius 3 is 1.37 bits per heavy atom. The fourth-order valence-corrected chi connectivity index (χ4v) is 14.5. The third-order valence-corrected chi connectivity index (χ3v) is 20.2. The standard InChI is InChI=1S/C20H22N3O6PS2.C10H9N3O2S.C9H14NO5PS/c1-13-4-9-18(31-13)16-11-22-20(21)19(23-16)17(24)10-14-5-7-15(8-6-14)32(26,27)12-30(25,28-2)29-3;1-5-2-3-7(16-5)6-4-12-9(11)8(13-6)10(14)15;1-14-16(11,15-2)7-17(12,13)9-5-3-8(10)4-6-9/h4-9,11H,10,12H2,1-3H3,(H2,21,22);2-4H,1H3,(H2,11,12)(H,14,15);3-6H,7,10H2,1-2H3. The molecule has 6 rings (SSSR count). The molecule has 0 unspecified atom stereocenters. The summed E-state index contributed by atoms with van der Waals surface area (Å²) in [4.78, 5) is 43.9. The van der Waals surface area contributed by atoms with Crippen molar-refractivity contribution in [3.8, 4) is 21.1 Å². The van der Waals surface area contributed by atoms with Crippen molar-refractivity contribution in [2.45, 2.75) is 30.1 Å². The summed E-state index contributed by atoms with van der Waals surface area (Å²) in [5, 5.41) is 8.86. The molecule has 7 N–H and O–H groups in total. The quantitative estimate of drug-likeness (QED) is 0.0430. The number of Topliss-reactive ketones (excluding diaryl/α,β-unsaturated/α-hetero) is 1. The van der Waals surface area contributed by atoms with Crippen LogP contribution in [-0.4, -0.2) is 93.1 Å². The molecular formula is C39H45N7O13P2S4. The minimum Gasteiger partial charge on any atom is -0.476 e. The van der Waals surface area contributed by atoms with E-state index in [2.05, 4.69) is 29.0 Å². The first kappa shape index (κ1) is 52.4. The van der Waals surface area contributed by atoms with Crippen LogP contribution < -0.4 is 17.2 Å². The first-order valence-corrected chi connectivity index (χ1v) is 26.8. The van der Waals surface area contributed by atoms with E-state index in [0.717, 1.165) is 47.9 Å². The summed E-state index contributed by atoms with van der Waals surface area (Å²) in [7, 11) is -10.5. The van der Waals surface area contributed by atoms with Gasteiger partial charge in [-0.3, -0.25) is 13.9 Å². The number of carbonyl (C=O) groups excluding carboxylic acids is 1. The first-order valence-electron chi connectivity index (χ1n) is 18.4. The van der Waals surface area contributed by atoms with E-state index in [9.17, 15) is 35.6 Å². The van der Waals surface area contributed by atoms with Crippen LogP contribution in [0.25, 0.3) is 21.1 Å². The van der Waals surface area contributed by atoms with E-state index >= 15 is 0 Å². The van der Waals surface area contributed by atoms with E-state index in [-0.39, 0.29) is 45.0 Å². The minimum absolute atomic E-state index is 0.0287. The molecule has 0 saturated carbocycles. The summed E-state index contributed by atoms with van der Waals surface area (Å²) in [6.07, 6.45) is 2.96. The van der Waals surface area contributed by atoms with Gasteiger partial charge in [0.15, 0.2) is 53.8 Å². The highest BCUT2D eigenvalue weighted by Gasteiger charge is 2.32. The molecule has 0 aliphatic rings. The average molecular weight is 1010 g/mol. The maximum Gasteiger partial charge on any atom is 0.358 e. The second-order valence-corrected chi connectivity index (χ2v) is 25.3. The van der Waals surface area contributed by atoms with Crippen molar-refractivity contribution in [1.29, 1.82) is 0 Å². The summed E-state index contributed by atoms with van der Waals surface area (Å²) >= 11 is 3.06. The lowest BCUT2D eigenvalue weighted by molar-refractivity contribution is 0.0691. The van der Waals surface area contributed by atoms with E-state index in [4.69, 9.17) is 31.4 Å². The average Bonchev–Trinajstić information content (AvgIpc) is 3.92. The lowest BCUT2D eigenvalue weighted by Gasteiger charge is -2.14. The Morgan fingerprint density at radius 1 is 0.615 bits per heavy atom. The van der Waals surface area contributed by atoms with Gasteiger partial charge in [0, 0.05) is 50.3 Å². The summed E-state index contributed by atoms with van der Waals surface area (Å²) < 4.78 is 91.4. The highest BCUT2D eigenvalue weighted by molar-refractivity contribution is 7.98. The van der Waals surface area contributed by atoms with Crippen molar-refractivity contribution in [3.05, 3.63) is 112 Å². The number of sulfone groups is 2. The molecule has 348 valence electrons. The van der Waals surface area contributed by atoms with Gasteiger partial charge in [0.2, 0.25) is 0 Å². The van der Waals surface area contributed by atoms with Crippen molar-refractivity contribution < 1.29 is 58.8 Å². The molecule has 4 heterocycles. The Labute approximate surface area is 383 Å². The minimum atomic E-state index is -3.92. The number of carbonyl (C=O) groups is 2. The molecule has 0 amide bonds. The Morgan fingerprint density at radius 2 is 1.00 bits per heavy atom. The zero-order valence-electron chi connectivity index (χ0n) is 35.6. The lowest BCUT2D eigenvalue weighted by atomic mass is 10.1. The highest BCUT2D eigenvalue weighted by atomic mass is 32.2. The van der Waals surface area contributed by atoms with Crippen LogP contribution >= 0.6 is 37.9 Å². The summed E-state index contributed by atoms with van der Waals surface area (Å²) in [5.41, 5.74) is 17.2. The number of hydrogen-bond acceptors (Lipinski definition) is 21. The molecule has 20 nitrogen and oxygen atoms in total. The van der Waals surface area contributed by atoms with Gasteiger partial charge in [0.05, 0.1) is 43.3 Å². The van der Waals surface area contributed by atoms with Crippen molar-refractivity contribution in [1.82, 2.24) is 19.9 Å². The number of carboxylic acids is 1. The SMILES string of the molecule is COP(=O)(CS(=O)(=O)c1ccc(CC(=O)c2nc(-c3ccc(C)s3)cnc2N)cc1)OC.COP(=O)(CS(=O)(=O)c1ccc(N)cc1)OC.Cc1ccc(-c2cnc(N)c(C(=O)O)n2)s1. The van der Waals surface area contributed by atoms with Gasteiger partial charge in [0.25, 0.3) is 0 Å². The van der Waals surface area contributed by atoms with Crippen molar-refractivity contribution in [2.75, 3.05) is 56.6 Å². The molecule has 0 aliphatic heterocycles. The Balaban J connectivity index is 0.000000235. The Bertz CT molecular complexity index is 2950. The van der Waals surface area contributed by atoms with Crippen molar-refractivity contribution >= 4 is 86.6 Å². The number of nitrogen functional groups attached to an aromatic ring is 3. The van der Waals surface area contributed by atoms with Crippen LogP contribution in [0.3, 0.4) is 0 Å². The number of anilines is 3. The number of benzene rings is 2. The summed E-state index contributed by atoms with van der Waals surface area (Å²) in [6.45, 7) is 3.94. The predicted molar refractivity (Wildman–Crippen MR) is 249 cm³/mol. The monoisotopic (exact) mass is 1010 g/mol. The molecule has 4 aromatic heterocycles. The lowest BCUT2D eigenvalue weighted by Crippen LogP contribution is -2.12. The number of hydrogen-bond donors (Lipinski definition) is 4. The second-order valence-electron chi connectivity index (χ2n) is 13.4. The van der Waals surface area contributed by atoms with Gasteiger partial charge in [0.1, 0.15) is 5.69 Å². The fraction of sp³-hybridized carbons (Fsp3) is 0.231. The van der Waals surface area contributed by atoms with Gasteiger partial charge >= 0.3 is 21.2 Å². The molecule has 0 fully saturated rings. The van der Waals surface area contributed by atoms with Crippen molar-refractivity contribution in [3.63, 3.8) is 0 Å². The molecule has 0 atom stereocenters. The van der Waals surface area contributed by atoms with Gasteiger partial charge in [-0.25, -0.2) is 41.6 Å². The number of nitrogens with zero attached hydrogens (tertiary/aromatic N) is 4. The third kappa shape index (κ3) is 14.4. The van der Waals surface area contributed by atoms with E-state index < -0.39 is 51.8 Å². The van der Waals surface area contributed by atoms with Crippen LogP contribution in [0.5, 0.6) is 0 Å². The van der Waals surface area contributed by atoms with Crippen LogP contribution in [-0.2, 0) is 53.3 Å². The molecule has 0 aliphatic carbocycles. The van der Waals surface area contributed by atoms with Crippen LogP contribution in [0, 0.1) is 13.8 Å². The van der Waals surface area contributed by atoms with Crippen LogP contribution in [0.1, 0.15) is 36.3 Å². The predicted octanol–water partition coefficient (Wildman–Crippen LogP) is 7.02. The van der Waals surface area contributed by atoms with Gasteiger partial charge in [-0.05, 0) is 80.1 Å². The number of ketones is 1. The fourth-order valence-electron chi connectivity index (χ4n) is 5.23. The van der Waals surface area contributed by atoms with E-state index in [1.807, 2.05) is 38.1 Å². The van der Waals surface area contributed by atoms with Crippen molar-refractivity contribution in [2.24, 2.45) is 0 Å². The number of aryl methyl sites for hydroxylation is 2. The maximum absolute atomic E-state index is 12.8. The molecule has 0 spiro atoms. The third-order valence-electron chi connectivity index (χ3n) is 8.71. The molecule has 0 saturated heterocycles. The molecule has 0 radical (unpaired) electrons. The topological polar surface area (TPSA) is 323 Å². The van der Waals surface area contributed by atoms with Crippen LogP contribution in [0.4, 0.5) is 17.3 Å². The van der Waals surface area contributed by atoms with E-state index in [0.29, 0.717) is 22.6 Å². The summed E-state index contributed by atoms with van der Waals surface area (Å²) in [6, 6.07) is 19.0. The number of rotatable bonds is 16. The molecule has 26 heteroatoms. The van der Waals surface area contributed by atoms with Gasteiger partial charge in [-0.2, -0.15) is 0 Å². The number of aromatic nitrogens is 4. The Kier molecular flexibility index (Phi) is 18.0. The number of aromatic carboxylic acids is 1. The zero-order chi connectivity index (χ0) is 48.3. The number of thiophene rings is 2. The zero-order valence-corrected chi connectivity index (χ0v) is 40.7. The van der Waals surface area contributed by atoms with E-state index in [1.54, 1.807) is 0 Å². The Hall–Kier alpha value is -5.26. The smallest absolute Gasteiger partial charge is 0.358 e. The normalized spacial score (nSPS) is 11.8. The van der Waals surface area contributed by atoms with E-state index in [1.165, 1.54) is 83.6 Å². The molecule has 0 bridgehead atoms. The molecule has 65 heavy (non-hydrogen) atoms. The highest BCUT2D eigenvalue weighted by Crippen LogP contribution is 2.49. The largest absolute Gasteiger partial charge is 0.476 e. The molecule has 6 aromatic rings. The van der Waals surface area contributed by atoms with Crippen LogP contribution in [0.15, 0.2) is 95.0 Å². The first-order chi connectivity index (χ1) is 30.5. The number of carboxylic acid groups (broad SMARTS) is 1. The summed E-state index contributed by atoms with van der Waals surface area (Å²) in [5.74, 6) is -1.55. The number of nitrogens with two attached hydrogens (primary N) is 3. The van der Waals surface area contributed by atoms with Gasteiger partial charge in [-0.15, -0.1) is 22.7 Å². The molecule has 2 aromatic carbocycles. The second kappa shape index (κ2) is 22.3. The van der Waals surface area contributed by atoms with Crippen LogP contribution in [0.2, 0.25) is 0 Å².